The van der Waals surface area contributed by atoms with E-state index in [0.717, 1.165) is 0 Å². The quantitative estimate of drug-likeness (QED) is 0.426. The van der Waals surface area contributed by atoms with Crippen molar-refractivity contribution in [2.75, 3.05) is 0 Å². The zero-order chi connectivity index (χ0) is 8.69. The van der Waals surface area contributed by atoms with Crippen LogP contribution in [0.25, 0.3) is 0 Å². The van der Waals surface area contributed by atoms with E-state index in [9.17, 15) is 16.5 Å². The van der Waals surface area contributed by atoms with Crippen molar-refractivity contribution in [3.05, 3.63) is 0 Å². The molecule has 0 saturated heterocycles. The molecule has 0 aliphatic carbocycles. The molecule has 0 heterocycles. The Balaban J connectivity index is -0.0000000238. The van der Waals surface area contributed by atoms with Crippen molar-refractivity contribution in [1.29, 1.82) is 0 Å². The summed E-state index contributed by atoms with van der Waals surface area (Å²) in [5, 5.41) is 0. The van der Waals surface area contributed by atoms with Crippen LogP contribution in [-0.4, -0.2) is 98.0 Å². The molecule has 0 rings (SSSR count). The molecule has 0 fully saturated rings. The van der Waals surface area contributed by atoms with Gasteiger partial charge in [0.2, 0.25) is 0 Å². The fraction of sp³-hybridized carbons (Fsp3) is 0. The van der Waals surface area contributed by atoms with Gasteiger partial charge in [-0.3, -0.25) is 0 Å². The zero-order valence-corrected chi connectivity index (χ0v) is 17.4. The summed E-state index contributed by atoms with van der Waals surface area (Å²) in [5.74, 6) is 0. The molecule has 9 nitrogen and oxygen atoms in total. The molecule has 16 heavy (non-hydrogen) atoms. The summed E-state index contributed by atoms with van der Waals surface area (Å²) < 4.78 is 52.0. The number of rotatable bonds is 6. The first-order valence-corrected chi connectivity index (χ1v) is 6.50. The van der Waals surface area contributed by atoms with Gasteiger partial charge in [-0.2, -0.15) is 0 Å². The molecule has 0 atom stereocenters. The van der Waals surface area contributed by atoms with E-state index in [0.29, 0.717) is 0 Å². The molecule has 0 unspecified atom stereocenters. The summed E-state index contributed by atoms with van der Waals surface area (Å²) in [6.45, 7) is 0. The molecule has 16 heteroatoms. The van der Waals surface area contributed by atoms with Crippen LogP contribution in [0.1, 0.15) is 2.85 Å². The minimum absolute atomic E-state index is 0. The minimum atomic E-state index is -3.00. The first-order valence-electron chi connectivity index (χ1n) is 2.17. The molecular weight excluding hydrogens is 353 g/mol. The van der Waals surface area contributed by atoms with Gasteiger partial charge in [-0.1, -0.05) is 0 Å². The van der Waals surface area contributed by atoms with Crippen LogP contribution in [0.5, 0.6) is 0 Å². The van der Waals surface area contributed by atoms with E-state index in [1.54, 1.807) is 0 Å². The van der Waals surface area contributed by atoms with Crippen LogP contribution in [0.3, 0.4) is 0 Å². The zero-order valence-electron chi connectivity index (χ0n) is 10.1. The van der Waals surface area contributed by atoms with Gasteiger partial charge in [0.1, 0.15) is 0 Å². The second-order valence-electron chi connectivity index (χ2n) is 1.03. The molecule has 0 bridgehead atoms. The van der Waals surface area contributed by atoms with E-state index in [-0.39, 0.29) is 93.5 Å². The summed E-state index contributed by atoms with van der Waals surface area (Å²) in [4.78, 5) is 0. The summed E-state index contributed by atoms with van der Waals surface area (Å²) in [6.07, 6.45) is 0. The van der Waals surface area contributed by atoms with Gasteiger partial charge in [-0.15, -0.1) is 0 Å². The van der Waals surface area contributed by atoms with Gasteiger partial charge in [0.15, 0.2) is 0 Å². The number of halogens is 1. The Morgan fingerprint density at radius 1 is 0.938 bits per heavy atom. The second kappa shape index (κ2) is 26.2. The Morgan fingerprint density at radius 3 is 1.38 bits per heavy atom. The topological polar surface area (TPSA) is 159 Å². The van der Waals surface area contributed by atoms with Crippen molar-refractivity contribution in [3.8, 4) is 0 Å². The van der Waals surface area contributed by atoms with Crippen molar-refractivity contribution in [2.24, 2.45) is 0 Å². The summed E-state index contributed by atoms with van der Waals surface area (Å²) >= 11 is -3.33. The van der Waals surface area contributed by atoms with Gasteiger partial charge in [0.05, 0.1) is 0 Å². The normalized spacial score (nSPS) is 4.75. The maximum atomic E-state index is 10.3. The molecule has 0 aliphatic heterocycles. The monoisotopic (exact) mass is 358 g/mol. The first kappa shape index (κ1) is 36.3. The van der Waals surface area contributed by atoms with Crippen LogP contribution < -0.4 is 42.0 Å². The molecule has 0 aromatic rings. The van der Waals surface area contributed by atoms with Gasteiger partial charge in [-0.05, 0) is 0 Å². The van der Waals surface area contributed by atoms with E-state index in [2.05, 4.69) is 11.1 Å². The van der Waals surface area contributed by atoms with Crippen molar-refractivity contribution in [1.82, 2.24) is 0 Å². The molecule has 0 aromatic carbocycles. The van der Waals surface area contributed by atoms with Crippen LogP contribution in [0, 0.1) is 0 Å². The first-order chi connectivity index (χ1) is 5.20. The van der Waals surface area contributed by atoms with Crippen LogP contribution in [-0.2, 0) is 27.6 Å². The molecule has 0 saturated carbocycles. The summed E-state index contributed by atoms with van der Waals surface area (Å²) in [6, 6.07) is 0. The molecule has 0 radical (unpaired) electrons. The van der Waals surface area contributed by atoms with Gasteiger partial charge >= 0.3 is 144 Å². The predicted octanol–water partition coefficient (Wildman–Crippen LogP) is -10.0. The van der Waals surface area contributed by atoms with Crippen LogP contribution in [0.4, 0.5) is 0 Å². The van der Waals surface area contributed by atoms with Crippen molar-refractivity contribution >= 4 is 87.1 Å². The fourth-order valence-corrected chi connectivity index (χ4v) is 2.62. The maximum absolute atomic E-state index is 10.3. The van der Waals surface area contributed by atoms with Gasteiger partial charge in [0.25, 0.3) is 0 Å². The molecule has 0 spiro atoms. The van der Waals surface area contributed by atoms with E-state index in [1.807, 2.05) is 0 Å². The summed E-state index contributed by atoms with van der Waals surface area (Å²) in [7, 11) is -6.01. The average molecular weight is 359 g/mol. The van der Waals surface area contributed by atoms with E-state index in [4.69, 9.17) is 0 Å². The second-order valence-corrected chi connectivity index (χ2v) is 5.12. The van der Waals surface area contributed by atoms with E-state index < -0.39 is 49.3 Å². The molecule has 0 aliphatic rings. The molecular formula is H6Al2CaClNaO9Si2. The SMILES string of the molecule is O.O.[Ca+2].[Cl-].[H-].[H-].[Na+].[O]=[Al][O][Si](=O)O[Si](=O)[O][Al]=[O]. The number of hydrogen-bond acceptors (Lipinski definition) is 7. The Kier molecular flexibility index (Phi) is 59.4. The molecule has 0 aromatic heterocycles. The Labute approximate surface area is 168 Å². The van der Waals surface area contributed by atoms with Crippen molar-refractivity contribution < 1.29 is 83.4 Å². The molecule has 4 N–H and O–H groups in total. The molecule has 0 amide bonds. The van der Waals surface area contributed by atoms with Crippen LogP contribution >= 0.6 is 0 Å². The Morgan fingerprint density at radius 2 is 1.19 bits per heavy atom. The Bertz CT molecular complexity index is 193. The predicted molar refractivity (Wildman–Crippen MR) is 44.2 cm³/mol. The van der Waals surface area contributed by atoms with Crippen LogP contribution in [0.2, 0.25) is 0 Å². The van der Waals surface area contributed by atoms with E-state index in [1.165, 1.54) is 0 Å². The standard InChI is InChI=1S/2Al.Ca.ClH.Na.O5Si2.2H2O.2O.2H/c;;;;;1-6(2)5-7(3)4;;;;;;/h;;;1H;;;2*1H2;;;;/q2*+1;+2;;+1;-2;;;;;2*-1/p-1. The van der Waals surface area contributed by atoms with Gasteiger partial charge in [0, 0.05) is 0 Å². The fourth-order valence-electron chi connectivity index (χ4n) is 0.195. The van der Waals surface area contributed by atoms with Gasteiger partial charge < -0.3 is 26.2 Å². The summed E-state index contributed by atoms with van der Waals surface area (Å²) in [5.41, 5.74) is 0. The number of hydrogen-bond donors (Lipinski definition) is 0. The third-order valence-electron chi connectivity index (χ3n) is 0.455. The molecule has 84 valence electrons. The third kappa shape index (κ3) is 25.4. The van der Waals surface area contributed by atoms with Crippen LogP contribution in [0.15, 0.2) is 0 Å². The Hall–Kier alpha value is 2.57. The average Bonchev–Trinajstić information content (AvgIpc) is 1.87. The van der Waals surface area contributed by atoms with E-state index >= 15 is 0 Å². The van der Waals surface area contributed by atoms with Crippen molar-refractivity contribution in [3.63, 3.8) is 0 Å². The van der Waals surface area contributed by atoms with Gasteiger partial charge in [-0.25, -0.2) is 0 Å². The third-order valence-corrected chi connectivity index (χ3v) is 4.10. The van der Waals surface area contributed by atoms with Crippen molar-refractivity contribution in [2.45, 2.75) is 0 Å².